The summed E-state index contributed by atoms with van der Waals surface area (Å²) in [5.74, 6) is -1.28. The molecule has 0 aliphatic carbocycles. The van der Waals surface area contributed by atoms with Crippen molar-refractivity contribution in [3.8, 4) is 0 Å². The molecule has 0 saturated carbocycles. The predicted octanol–water partition coefficient (Wildman–Crippen LogP) is 1.35. The van der Waals surface area contributed by atoms with Crippen molar-refractivity contribution in [2.75, 3.05) is 0 Å². The Hall–Kier alpha value is -2.58. The maximum absolute atomic E-state index is 12.6. The number of aromatic nitrogens is 2. The standard InChI is InChI=1S/C13H13F3N4O2/c1-2-8(11(17)21)18-12(22)7-3-4-10-19-9(13(14,15)16)6-20(10)5-7/h3-6,8H,2H2,1H3,(H2,17,21)(H,18,22)/t8-/m1/s1. The lowest BCUT2D eigenvalue weighted by atomic mass is 10.2. The molecule has 2 rings (SSSR count). The lowest BCUT2D eigenvalue weighted by Gasteiger charge is -2.13. The van der Waals surface area contributed by atoms with Crippen molar-refractivity contribution in [3.05, 3.63) is 35.8 Å². The molecular formula is C13H13F3N4O2. The van der Waals surface area contributed by atoms with Gasteiger partial charge in [-0.15, -0.1) is 0 Å². The van der Waals surface area contributed by atoms with Gasteiger partial charge in [-0.05, 0) is 18.6 Å². The van der Waals surface area contributed by atoms with Gasteiger partial charge in [-0.1, -0.05) is 6.92 Å². The van der Waals surface area contributed by atoms with Gasteiger partial charge in [-0.2, -0.15) is 13.2 Å². The number of halogens is 3. The maximum atomic E-state index is 12.6. The number of primary amides is 1. The summed E-state index contributed by atoms with van der Waals surface area (Å²) < 4.78 is 38.9. The second kappa shape index (κ2) is 5.66. The smallest absolute Gasteiger partial charge is 0.368 e. The molecule has 22 heavy (non-hydrogen) atoms. The Morgan fingerprint density at radius 1 is 1.36 bits per heavy atom. The molecule has 0 unspecified atom stereocenters. The first-order valence-electron chi connectivity index (χ1n) is 6.38. The highest BCUT2D eigenvalue weighted by Crippen LogP contribution is 2.28. The average molecular weight is 314 g/mol. The summed E-state index contributed by atoms with van der Waals surface area (Å²) in [6.45, 7) is 1.67. The third kappa shape index (κ3) is 3.18. The van der Waals surface area contributed by atoms with E-state index in [-0.39, 0.29) is 11.2 Å². The van der Waals surface area contributed by atoms with Crippen LogP contribution in [0, 0.1) is 0 Å². The van der Waals surface area contributed by atoms with Gasteiger partial charge in [-0.25, -0.2) is 4.98 Å². The van der Waals surface area contributed by atoms with Crippen LogP contribution in [0.5, 0.6) is 0 Å². The first kappa shape index (κ1) is 15.8. The maximum Gasteiger partial charge on any atom is 0.434 e. The molecule has 0 bridgehead atoms. The third-order valence-corrected chi connectivity index (χ3v) is 3.06. The molecule has 2 aromatic heterocycles. The Labute approximate surface area is 123 Å². The summed E-state index contributed by atoms with van der Waals surface area (Å²) >= 11 is 0. The first-order chi connectivity index (χ1) is 10.2. The fourth-order valence-electron chi connectivity index (χ4n) is 1.88. The first-order valence-corrected chi connectivity index (χ1v) is 6.38. The van der Waals surface area contributed by atoms with Crippen molar-refractivity contribution < 1.29 is 22.8 Å². The van der Waals surface area contributed by atoms with E-state index in [0.29, 0.717) is 6.42 Å². The summed E-state index contributed by atoms with van der Waals surface area (Å²) in [7, 11) is 0. The number of carbonyl (C=O) groups is 2. The largest absolute Gasteiger partial charge is 0.434 e. The molecule has 0 fully saturated rings. The molecule has 0 saturated heterocycles. The molecule has 0 radical (unpaired) electrons. The number of nitrogens with two attached hydrogens (primary N) is 1. The van der Waals surface area contributed by atoms with Crippen molar-refractivity contribution in [1.82, 2.24) is 14.7 Å². The summed E-state index contributed by atoms with van der Waals surface area (Å²) in [6, 6.07) is 1.78. The van der Waals surface area contributed by atoms with E-state index in [1.165, 1.54) is 18.3 Å². The number of amides is 2. The minimum absolute atomic E-state index is 0.0609. The predicted molar refractivity (Wildman–Crippen MR) is 70.9 cm³/mol. The molecule has 0 aromatic carbocycles. The van der Waals surface area contributed by atoms with Crippen LogP contribution in [0.2, 0.25) is 0 Å². The fourth-order valence-corrected chi connectivity index (χ4v) is 1.88. The highest BCUT2D eigenvalue weighted by atomic mass is 19.4. The number of hydrogen-bond donors (Lipinski definition) is 2. The molecule has 2 amide bonds. The summed E-state index contributed by atoms with van der Waals surface area (Å²) in [6.07, 6.45) is -2.25. The van der Waals surface area contributed by atoms with Crippen LogP contribution >= 0.6 is 0 Å². The van der Waals surface area contributed by atoms with Crippen molar-refractivity contribution in [2.24, 2.45) is 5.73 Å². The van der Waals surface area contributed by atoms with Crippen LogP contribution in [-0.2, 0) is 11.0 Å². The van der Waals surface area contributed by atoms with E-state index >= 15 is 0 Å². The number of carbonyl (C=O) groups excluding carboxylic acids is 2. The van der Waals surface area contributed by atoms with Crippen LogP contribution in [0.1, 0.15) is 29.4 Å². The number of imidazole rings is 1. The van der Waals surface area contributed by atoms with Crippen LogP contribution < -0.4 is 11.1 Å². The number of nitrogens with zero attached hydrogens (tertiary/aromatic N) is 2. The highest BCUT2D eigenvalue weighted by molar-refractivity contribution is 5.97. The van der Waals surface area contributed by atoms with E-state index < -0.39 is 29.7 Å². The van der Waals surface area contributed by atoms with Crippen LogP contribution in [-0.4, -0.2) is 27.2 Å². The van der Waals surface area contributed by atoms with Crippen LogP contribution in [0.15, 0.2) is 24.5 Å². The van der Waals surface area contributed by atoms with Gasteiger partial charge < -0.3 is 15.5 Å². The molecule has 0 aliphatic heterocycles. The van der Waals surface area contributed by atoms with Crippen molar-refractivity contribution in [3.63, 3.8) is 0 Å². The van der Waals surface area contributed by atoms with Gasteiger partial charge in [0.25, 0.3) is 5.91 Å². The minimum atomic E-state index is -4.56. The zero-order valence-corrected chi connectivity index (χ0v) is 11.5. The number of pyridine rings is 1. The quantitative estimate of drug-likeness (QED) is 0.892. The van der Waals surface area contributed by atoms with Crippen molar-refractivity contribution in [1.29, 1.82) is 0 Å². The molecule has 0 aliphatic rings. The SMILES string of the molecule is CC[C@@H](NC(=O)c1ccc2nc(C(F)(F)F)cn2c1)C(N)=O. The van der Waals surface area contributed by atoms with Crippen LogP contribution in [0.4, 0.5) is 13.2 Å². The molecule has 0 spiro atoms. The number of nitrogens with one attached hydrogen (secondary N) is 1. The zero-order chi connectivity index (χ0) is 16.5. The Morgan fingerprint density at radius 2 is 2.05 bits per heavy atom. The monoisotopic (exact) mass is 314 g/mol. The number of rotatable bonds is 4. The van der Waals surface area contributed by atoms with E-state index in [1.807, 2.05) is 0 Å². The summed E-state index contributed by atoms with van der Waals surface area (Å²) in [4.78, 5) is 26.5. The topological polar surface area (TPSA) is 89.5 Å². The van der Waals surface area contributed by atoms with E-state index in [1.54, 1.807) is 6.92 Å². The summed E-state index contributed by atoms with van der Waals surface area (Å²) in [5, 5.41) is 2.41. The number of hydrogen-bond acceptors (Lipinski definition) is 3. The Kier molecular flexibility index (Phi) is 4.07. The van der Waals surface area contributed by atoms with Gasteiger partial charge in [0.1, 0.15) is 11.7 Å². The van der Waals surface area contributed by atoms with Crippen molar-refractivity contribution in [2.45, 2.75) is 25.6 Å². The van der Waals surface area contributed by atoms with E-state index in [0.717, 1.165) is 10.6 Å². The van der Waals surface area contributed by atoms with Gasteiger partial charge in [0.05, 0.1) is 5.56 Å². The molecule has 9 heteroatoms. The Morgan fingerprint density at radius 3 is 2.59 bits per heavy atom. The molecule has 2 aromatic rings. The molecule has 3 N–H and O–H groups in total. The Bertz CT molecular complexity index is 724. The van der Waals surface area contributed by atoms with E-state index in [9.17, 15) is 22.8 Å². The van der Waals surface area contributed by atoms with Gasteiger partial charge in [-0.3, -0.25) is 9.59 Å². The average Bonchev–Trinajstić information content (AvgIpc) is 2.87. The lowest BCUT2D eigenvalue weighted by Crippen LogP contribution is -2.43. The minimum Gasteiger partial charge on any atom is -0.368 e. The van der Waals surface area contributed by atoms with Gasteiger partial charge in [0, 0.05) is 12.4 Å². The number of alkyl halides is 3. The Balaban J connectivity index is 2.29. The summed E-state index contributed by atoms with van der Waals surface area (Å²) in [5.41, 5.74) is 4.23. The lowest BCUT2D eigenvalue weighted by molar-refractivity contribution is -0.140. The second-order valence-electron chi connectivity index (χ2n) is 4.64. The molecular weight excluding hydrogens is 301 g/mol. The molecule has 2 heterocycles. The van der Waals surface area contributed by atoms with Crippen LogP contribution in [0.25, 0.3) is 5.65 Å². The van der Waals surface area contributed by atoms with Gasteiger partial charge in [0.15, 0.2) is 5.69 Å². The van der Waals surface area contributed by atoms with Gasteiger partial charge in [0.2, 0.25) is 5.91 Å². The molecule has 1 atom stereocenters. The highest BCUT2D eigenvalue weighted by Gasteiger charge is 2.33. The van der Waals surface area contributed by atoms with E-state index in [4.69, 9.17) is 5.73 Å². The third-order valence-electron chi connectivity index (χ3n) is 3.06. The molecule has 118 valence electrons. The van der Waals surface area contributed by atoms with E-state index in [2.05, 4.69) is 10.3 Å². The van der Waals surface area contributed by atoms with Crippen LogP contribution in [0.3, 0.4) is 0 Å². The second-order valence-corrected chi connectivity index (χ2v) is 4.64. The zero-order valence-electron chi connectivity index (χ0n) is 11.5. The number of fused-ring (bicyclic) bond motifs is 1. The fraction of sp³-hybridized carbons (Fsp3) is 0.308. The normalized spacial score (nSPS) is 13.1. The van der Waals surface area contributed by atoms with Crippen molar-refractivity contribution >= 4 is 17.5 Å². The van der Waals surface area contributed by atoms with Gasteiger partial charge >= 0.3 is 6.18 Å². The molecule has 6 nitrogen and oxygen atoms in total.